The topological polar surface area (TPSA) is 104 Å². The number of nitrogens with zero attached hydrogens (tertiary/aromatic N) is 3. The van der Waals surface area contributed by atoms with Crippen LogP contribution in [-0.2, 0) is 16.1 Å². The minimum atomic E-state index is -1.01. The lowest BCUT2D eigenvalue weighted by atomic mass is 9.98. The number of aromatic nitrogens is 1. The lowest BCUT2D eigenvalue weighted by Crippen LogP contribution is -2.46. The van der Waals surface area contributed by atoms with Crippen LogP contribution >= 0.6 is 0 Å². The van der Waals surface area contributed by atoms with E-state index in [9.17, 15) is 9.59 Å². The van der Waals surface area contributed by atoms with Crippen LogP contribution in [0.1, 0.15) is 35.7 Å². The molecule has 0 unspecified atom stereocenters. The predicted molar refractivity (Wildman–Crippen MR) is 142 cm³/mol. The minimum absolute atomic E-state index is 0.0137. The second-order valence-electron chi connectivity index (χ2n) is 9.69. The van der Waals surface area contributed by atoms with Crippen LogP contribution in [-0.4, -0.2) is 64.3 Å². The number of anilines is 2. The van der Waals surface area contributed by atoms with E-state index < -0.39 is 5.97 Å². The number of piperidine rings is 1. The highest BCUT2D eigenvalue weighted by molar-refractivity contribution is 5.71. The number of hydrogen-bond acceptors (Lipinski definition) is 7. The Morgan fingerprint density at radius 1 is 1.08 bits per heavy atom. The second kappa shape index (κ2) is 11.5. The van der Waals surface area contributed by atoms with E-state index >= 15 is 0 Å². The van der Waals surface area contributed by atoms with Gasteiger partial charge in [0.1, 0.15) is 18.2 Å². The fraction of sp³-hybridized carbons (Fsp3) is 0.345. The zero-order chi connectivity index (χ0) is 26.5. The fourth-order valence-corrected chi connectivity index (χ4v) is 5.12. The van der Waals surface area contributed by atoms with Gasteiger partial charge in [0.2, 0.25) is 0 Å². The Balaban J connectivity index is 1.14. The number of rotatable bonds is 9. The molecule has 9 heteroatoms. The number of carboxylic acids is 1. The highest BCUT2D eigenvalue weighted by Crippen LogP contribution is 2.33. The largest absolute Gasteiger partial charge is 0.482 e. The Bertz CT molecular complexity index is 1260. The highest BCUT2D eigenvalue weighted by atomic mass is 16.6. The molecule has 2 aliphatic rings. The van der Waals surface area contributed by atoms with Crippen molar-refractivity contribution in [1.82, 2.24) is 14.8 Å². The van der Waals surface area contributed by atoms with E-state index in [1.165, 1.54) is 5.56 Å². The third-order valence-corrected chi connectivity index (χ3v) is 7.12. The zero-order valence-corrected chi connectivity index (χ0v) is 21.4. The number of nitrogens with one attached hydrogen (secondary N) is 1. The molecule has 0 bridgehead atoms. The summed E-state index contributed by atoms with van der Waals surface area (Å²) in [4.78, 5) is 32.3. The molecule has 3 aromatic rings. The molecule has 0 saturated carbocycles. The number of amides is 1. The Morgan fingerprint density at radius 2 is 1.82 bits per heavy atom. The molecule has 1 atom stereocenters. The summed E-state index contributed by atoms with van der Waals surface area (Å²) >= 11 is 0. The summed E-state index contributed by atoms with van der Waals surface area (Å²) in [6.07, 6.45) is 1.62. The first-order valence-electron chi connectivity index (χ1n) is 12.9. The number of carboxylic acid groups (broad SMARTS) is 1. The van der Waals surface area contributed by atoms with Crippen molar-refractivity contribution in [1.29, 1.82) is 0 Å². The number of aryl methyl sites for hydroxylation is 1. The van der Waals surface area contributed by atoms with Crippen LogP contribution in [0.25, 0.3) is 0 Å². The van der Waals surface area contributed by atoms with Crippen molar-refractivity contribution >= 4 is 23.6 Å². The number of likely N-dealkylation sites (tertiary alicyclic amines) is 1. The summed E-state index contributed by atoms with van der Waals surface area (Å²) in [6, 6.07) is 21.5. The standard InChI is InChI=1S/C29H32N4O5/c1-20-22(7-12-27(30-20)31-23-8-10-25(11-9-23)37-19-28(34)35)17-32-15-13-24(14-16-32)33-26(18-38-29(33)36)21-5-3-2-4-6-21/h2-12,24,26H,13-19H2,1H3,(H,30,31)(H,34,35)/t26-/m0/s1. The van der Waals surface area contributed by atoms with Crippen LogP contribution in [0.15, 0.2) is 66.7 Å². The summed E-state index contributed by atoms with van der Waals surface area (Å²) < 4.78 is 10.6. The number of pyridine rings is 1. The second-order valence-corrected chi connectivity index (χ2v) is 9.69. The van der Waals surface area contributed by atoms with Crippen LogP contribution in [0.5, 0.6) is 5.75 Å². The Labute approximate surface area is 222 Å². The molecule has 2 saturated heterocycles. The van der Waals surface area contributed by atoms with Crippen molar-refractivity contribution < 1.29 is 24.2 Å². The van der Waals surface area contributed by atoms with Crippen LogP contribution in [0, 0.1) is 6.92 Å². The third-order valence-electron chi connectivity index (χ3n) is 7.12. The van der Waals surface area contributed by atoms with E-state index in [1.807, 2.05) is 48.2 Å². The van der Waals surface area contributed by atoms with Crippen LogP contribution in [0.2, 0.25) is 0 Å². The maximum Gasteiger partial charge on any atom is 0.410 e. The predicted octanol–water partition coefficient (Wildman–Crippen LogP) is 4.75. The van der Waals surface area contributed by atoms with Gasteiger partial charge in [0.05, 0.1) is 6.04 Å². The normalized spacial score (nSPS) is 18.3. The van der Waals surface area contributed by atoms with Gasteiger partial charge in [-0.1, -0.05) is 36.4 Å². The first-order chi connectivity index (χ1) is 18.5. The highest BCUT2D eigenvalue weighted by Gasteiger charge is 2.40. The molecule has 2 aliphatic heterocycles. The lowest BCUT2D eigenvalue weighted by molar-refractivity contribution is -0.139. The van der Waals surface area contributed by atoms with Crippen LogP contribution in [0.4, 0.5) is 16.3 Å². The van der Waals surface area contributed by atoms with Gasteiger partial charge >= 0.3 is 12.1 Å². The molecule has 2 fully saturated rings. The summed E-state index contributed by atoms with van der Waals surface area (Å²) in [5.41, 5.74) is 4.10. The number of carbonyl (C=O) groups is 2. The van der Waals surface area contributed by atoms with Gasteiger partial charge in [-0.2, -0.15) is 0 Å². The molecule has 0 aliphatic carbocycles. The van der Waals surface area contributed by atoms with E-state index in [4.69, 9.17) is 19.6 Å². The molecule has 0 spiro atoms. The Kier molecular flexibility index (Phi) is 7.74. The van der Waals surface area contributed by atoms with Gasteiger partial charge in [0.25, 0.3) is 0 Å². The molecule has 5 rings (SSSR count). The molecule has 3 heterocycles. The lowest BCUT2D eigenvalue weighted by Gasteiger charge is -2.38. The summed E-state index contributed by atoms with van der Waals surface area (Å²) in [5, 5.41) is 12.0. The van der Waals surface area contributed by atoms with Gasteiger partial charge in [-0.25, -0.2) is 14.6 Å². The van der Waals surface area contributed by atoms with E-state index in [1.54, 1.807) is 12.1 Å². The summed E-state index contributed by atoms with van der Waals surface area (Å²) in [6.45, 7) is 4.69. The van der Waals surface area contributed by atoms with Crippen LogP contribution in [0.3, 0.4) is 0 Å². The first-order valence-corrected chi connectivity index (χ1v) is 12.9. The number of carbonyl (C=O) groups excluding carboxylic acids is 1. The number of aliphatic carboxylic acids is 1. The molecule has 198 valence electrons. The Hall–Kier alpha value is -4.11. The average molecular weight is 517 g/mol. The fourth-order valence-electron chi connectivity index (χ4n) is 5.12. The first kappa shape index (κ1) is 25.5. The molecule has 9 nitrogen and oxygen atoms in total. The van der Waals surface area contributed by atoms with Crippen molar-refractivity contribution in [2.75, 3.05) is 31.6 Å². The number of benzene rings is 2. The maximum atomic E-state index is 12.6. The third kappa shape index (κ3) is 6.06. The van der Waals surface area contributed by atoms with Crippen molar-refractivity contribution in [3.05, 3.63) is 83.6 Å². The number of hydrogen-bond donors (Lipinski definition) is 2. The molecule has 2 aromatic carbocycles. The van der Waals surface area contributed by atoms with Gasteiger partial charge in [0, 0.05) is 37.1 Å². The van der Waals surface area contributed by atoms with Gasteiger partial charge in [-0.3, -0.25) is 9.80 Å². The van der Waals surface area contributed by atoms with E-state index in [0.717, 1.165) is 55.2 Å². The minimum Gasteiger partial charge on any atom is -0.482 e. The molecule has 0 radical (unpaired) electrons. The Morgan fingerprint density at radius 3 is 2.50 bits per heavy atom. The SMILES string of the molecule is Cc1nc(Nc2ccc(OCC(=O)O)cc2)ccc1CN1CCC(N2C(=O)OC[C@H]2c2ccccc2)CC1. The molecule has 38 heavy (non-hydrogen) atoms. The summed E-state index contributed by atoms with van der Waals surface area (Å²) in [5.74, 6) is 0.228. The van der Waals surface area contributed by atoms with Crippen LogP contribution < -0.4 is 10.1 Å². The zero-order valence-electron chi connectivity index (χ0n) is 21.4. The molecular formula is C29H32N4O5. The quantitative estimate of drug-likeness (QED) is 0.420. The van der Waals surface area contributed by atoms with Crippen molar-refractivity contribution in [3.8, 4) is 5.75 Å². The molecule has 1 aromatic heterocycles. The molecular weight excluding hydrogens is 484 g/mol. The number of cyclic esters (lactones) is 1. The molecule has 1 amide bonds. The van der Waals surface area contributed by atoms with Gasteiger partial charge in [0.15, 0.2) is 6.61 Å². The van der Waals surface area contributed by atoms with E-state index in [0.29, 0.717) is 12.4 Å². The van der Waals surface area contributed by atoms with Crippen molar-refractivity contribution in [3.63, 3.8) is 0 Å². The van der Waals surface area contributed by atoms with E-state index in [-0.39, 0.29) is 24.8 Å². The summed E-state index contributed by atoms with van der Waals surface area (Å²) in [7, 11) is 0. The van der Waals surface area contributed by atoms with Gasteiger partial charge in [-0.15, -0.1) is 0 Å². The molecule has 2 N–H and O–H groups in total. The maximum absolute atomic E-state index is 12.6. The average Bonchev–Trinajstić information content (AvgIpc) is 3.32. The van der Waals surface area contributed by atoms with Crippen molar-refractivity contribution in [2.45, 2.75) is 38.4 Å². The number of ether oxygens (including phenoxy) is 2. The monoisotopic (exact) mass is 516 g/mol. The van der Waals surface area contributed by atoms with Crippen molar-refractivity contribution in [2.24, 2.45) is 0 Å². The van der Waals surface area contributed by atoms with Gasteiger partial charge < -0.3 is 19.9 Å². The smallest absolute Gasteiger partial charge is 0.410 e. The van der Waals surface area contributed by atoms with E-state index in [2.05, 4.69) is 28.4 Å². The van der Waals surface area contributed by atoms with Gasteiger partial charge in [-0.05, 0) is 61.2 Å².